The van der Waals surface area contributed by atoms with E-state index in [1.807, 2.05) is 56.0 Å². The zero-order valence-electron chi connectivity index (χ0n) is 14.4. The van der Waals surface area contributed by atoms with Crippen LogP contribution in [-0.4, -0.2) is 26.6 Å². The number of hydrogen-bond acceptors (Lipinski definition) is 4. The number of hydrogen-bond donors (Lipinski definition) is 2. The van der Waals surface area contributed by atoms with Crippen LogP contribution in [0.25, 0.3) is 22.6 Å². The van der Waals surface area contributed by atoms with E-state index in [0.29, 0.717) is 0 Å². The predicted octanol–water partition coefficient (Wildman–Crippen LogP) is 4.11. The summed E-state index contributed by atoms with van der Waals surface area (Å²) in [6.45, 7) is 2.03. The highest BCUT2D eigenvalue weighted by Gasteiger charge is 2.13. The first kappa shape index (κ1) is 15.3. The van der Waals surface area contributed by atoms with Crippen molar-refractivity contribution in [2.45, 2.75) is 6.92 Å². The van der Waals surface area contributed by atoms with E-state index in [1.54, 1.807) is 12.4 Å². The van der Waals surface area contributed by atoms with Crippen LogP contribution in [0.5, 0.6) is 11.5 Å². The average molecular weight is 333 g/mol. The third-order valence-corrected chi connectivity index (χ3v) is 4.23. The maximum Gasteiger partial charge on any atom is 0.156 e. The summed E-state index contributed by atoms with van der Waals surface area (Å²) in [5.41, 5.74) is 4.74. The Labute approximate surface area is 145 Å². The second kappa shape index (κ2) is 5.98. The highest BCUT2D eigenvalue weighted by Crippen LogP contribution is 2.33. The van der Waals surface area contributed by atoms with Gasteiger partial charge in [-0.25, -0.2) is 4.98 Å². The smallest absolute Gasteiger partial charge is 0.156 e. The van der Waals surface area contributed by atoms with Gasteiger partial charge in [0.05, 0.1) is 11.2 Å². The zero-order valence-corrected chi connectivity index (χ0v) is 14.4. The van der Waals surface area contributed by atoms with Crippen molar-refractivity contribution < 1.29 is 4.74 Å². The highest BCUT2D eigenvalue weighted by atomic mass is 16.5. The molecule has 0 bridgehead atoms. The van der Waals surface area contributed by atoms with Crippen LogP contribution in [0.2, 0.25) is 0 Å². The van der Waals surface area contributed by atoms with Gasteiger partial charge in [0.25, 0.3) is 0 Å². The van der Waals surface area contributed by atoms with E-state index in [-0.39, 0.29) is 0 Å². The number of aromatic nitrogens is 4. The molecule has 3 heterocycles. The van der Waals surface area contributed by atoms with Crippen molar-refractivity contribution in [1.29, 1.82) is 0 Å². The standard InChI is InChI=1S/C19H19N5O/c1-12-10-13(20-2)4-5-16(12)25-17-6-7-21-14-11-15(23-18(14)17)19-22-8-9-24(19)3/h4-11,20,23H,1-3H3. The maximum absolute atomic E-state index is 6.16. The molecule has 25 heavy (non-hydrogen) atoms. The third kappa shape index (κ3) is 2.71. The van der Waals surface area contributed by atoms with Gasteiger partial charge in [-0.1, -0.05) is 0 Å². The van der Waals surface area contributed by atoms with Gasteiger partial charge >= 0.3 is 0 Å². The Bertz CT molecular complexity index is 1050. The Morgan fingerprint density at radius 3 is 2.68 bits per heavy atom. The highest BCUT2D eigenvalue weighted by molar-refractivity contribution is 5.86. The number of benzene rings is 1. The molecule has 4 rings (SSSR count). The fraction of sp³-hybridized carbons (Fsp3) is 0.158. The fourth-order valence-electron chi connectivity index (χ4n) is 2.87. The Balaban J connectivity index is 1.75. The minimum Gasteiger partial charge on any atom is -0.455 e. The molecular weight excluding hydrogens is 314 g/mol. The van der Waals surface area contributed by atoms with Gasteiger partial charge in [-0.2, -0.15) is 0 Å². The van der Waals surface area contributed by atoms with E-state index in [9.17, 15) is 0 Å². The number of nitrogens with zero attached hydrogens (tertiary/aromatic N) is 3. The van der Waals surface area contributed by atoms with Crippen LogP contribution in [0, 0.1) is 6.92 Å². The van der Waals surface area contributed by atoms with Crippen LogP contribution in [0.1, 0.15) is 5.56 Å². The van der Waals surface area contributed by atoms with Crippen molar-refractivity contribution in [2.24, 2.45) is 7.05 Å². The first-order valence-electron chi connectivity index (χ1n) is 8.07. The molecule has 0 aliphatic carbocycles. The van der Waals surface area contributed by atoms with E-state index in [0.717, 1.165) is 45.3 Å². The number of anilines is 1. The summed E-state index contributed by atoms with van der Waals surface area (Å²) < 4.78 is 8.12. The van der Waals surface area contributed by atoms with Gasteiger partial charge in [-0.05, 0) is 36.8 Å². The second-order valence-electron chi connectivity index (χ2n) is 5.95. The number of fused-ring (bicyclic) bond motifs is 1. The number of aromatic amines is 1. The lowest BCUT2D eigenvalue weighted by atomic mass is 10.2. The first-order chi connectivity index (χ1) is 12.2. The number of aryl methyl sites for hydroxylation is 2. The molecule has 0 unspecified atom stereocenters. The van der Waals surface area contributed by atoms with Crippen molar-refractivity contribution in [3.63, 3.8) is 0 Å². The van der Waals surface area contributed by atoms with Gasteiger partial charge in [0.15, 0.2) is 11.6 Å². The Kier molecular flexibility index (Phi) is 3.65. The Morgan fingerprint density at radius 2 is 1.96 bits per heavy atom. The summed E-state index contributed by atoms with van der Waals surface area (Å²) in [5, 5.41) is 3.13. The number of rotatable bonds is 4. The lowest BCUT2D eigenvalue weighted by Crippen LogP contribution is -1.93. The largest absolute Gasteiger partial charge is 0.455 e. The van der Waals surface area contributed by atoms with Crippen LogP contribution < -0.4 is 10.1 Å². The molecule has 4 aromatic rings. The monoisotopic (exact) mass is 333 g/mol. The second-order valence-corrected chi connectivity index (χ2v) is 5.95. The summed E-state index contributed by atoms with van der Waals surface area (Å²) >= 11 is 0. The summed E-state index contributed by atoms with van der Waals surface area (Å²) in [5.74, 6) is 2.42. The molecule has 1 aromatic carbocycles. The van der Waals surface area contributed by atoms with E-state index in [2.05, 4.69) is 26.3 Å². The summed E-state index contributed by atoms with van der Waals surface area (Å²) in [7, 11) is 3.87. The average Bonchev–Trinajstić information content (AvgIpc) is 3.22. The molecule has 0 aliphatic heterocycles. The van der Waals surface area contributed by atoms with Crippen LogP contribution in [0.4, 0.5) is 5.69 Å². The van der Waals surface area contributed by atoms with Crippen molar-refractivity contribution in [3.05, 3.63) is 54.5 Å². The van der Waals surface area contributed by atoms with Crippen molar-refractivity contribution in [1.82, 2.24) is 19.5 Å². The van der Waals surface area contributed by atoms with E-state index in [4.69, 9.17) is 4.74 Å². The quantitative estimate of drug-likeness (QED) is 0.590. The maximum atomic E-state index is 6.16. The molecule has 0 spiro atoms. The molecule has 0 aliphatic rings. The summed E-state index contributed by atoms with van der Waals surface area (Å²) in [4.78, 5) is 12.2. The number of nitrogens with one attached hydrogen (secondary N) is 2. The molecule has 126 valence electrons. The molecule has 3 aromatic heterocycles. The van der Waals surface area contributed by atoms with E-state index >= 15 is 0 Å². The van der Waals surface area contributed by atoms with Crippen LogP contribution in [0.15, 0.2) is 48.9 Å². The molecule has 0 saturated carbocycles. The number of ether oxygens (including phenoxy) is 1. The molecule has 6 heteroatoms. The van der Waals surface area contributed by atoms with Crippen molar-refractivity contribution in [3.8, 4) is 23.0 Å². The van der Waals surface area contributed by atoms with Gasteiger partial charge in [-0.3, -0.25) is 4.98 Å². The molecule has 2 N–H and O–H groups in total. The summed E-state index contributed by atoms with van der Waals surface area (Å²) in [6, 6.07) is 9.88. The number of pyridine rings is 1. The molecule has 0 saturated heterocycles. The van der Waals surface area contributed by atoms with Gasteiger partial charge in [0.2, 0.25) is 0 Å². The Morgan fingerprint density at radius 1 is 1.08 bits per heavy atom. The third-order valence-electron chi connectivity index (χ3n) is 4.23. The molecule has 0 atom stereocenters. The van der Waals surface area contributed by atoms with E-state index in [1.165, 1.54) is 0 Å². The van der Waals surface area contributed by atoms with Crippen LogP contribution in [0.3, 0.4) is 0 Å². The minimum absolute atomic E-state index is 0.741. The molecule has 0 fully saturated rings. The fourth-order valence-corrected chi connectivity index (χ4v) is 2.87. The molecule has 0 radical (unpaired) electrons. The van der Waals surface area contributed by atoms with Crippen LogP contribution in [-0.2, 0) is 7.05 Å². The van der Waals surface area contributed by atoms with Crippen LogP contribution >= 0.6 is 0 Å². The lowest BCUT2D eigenvalue weighted by molar-refractivity contribution is 0.483. The van der Waals surface area contributed by atoms with Gasteiger partial charge in [0.1, 0.15) is 11.3 Å². The lowest BCUT2D eigenvalue weighted by Gasteiger charge is -2.11. The van der Waals surface area contributed by atoms with Gasteiger partial charge in [0, 0.05) is 44.4 Å². The zero-order chi connectivity index (χ0) is 17.4. The predicted molar refractivity (Wildman–Crippen MR) is 99.1 cm³/mol. The number of imidazole rings is 1. The Hall–Kier alpha value is -3.28. The number of H-pyrrole nitrogens is 1. The molecular formula is C19H19N5O. The molecule has 0 amide bonds. The SMILES string of the molecule is CNc1ccc(Oc2ccnc3cc(-c4nccn4C)[nH]c23)c(C)c1. The van der Waals surface area contributed by atoms with Crippen molar-refractivity contribution >= 4 is 16.7 Å². The summed E-state index contributed by atoms with van der Waals surface area (Å²) in [6.07, 6.45) is 5.45. The van der Waals surface area contributed by atoms with Crippen molar-refractivity contribution in [2.75, 3.05) is 12.4 Å². The topological polar surface area (TPSA) is 67.8 Å². The van der Waals surface area contributed by atoms with Gasteiger partial charge in [-0.15, -0.1) is 0 Å². The molecule has 6 nitrogen and oxygen atoms in total. The van der Waals surface area contributed by atoms with Gasteiger partial charge < -0.3 is 19.6 Å². The van der Waals surface area contributed by atoms with E-state index < -0.39 is 0 Å². The first-order valence-corrected chi connectivity index (χ1v) is 8.07. The minimum atomic E-state index is 0.741. The normalized spacial score (nSPS) is 11.0.